The lowest BCUT2D eigenvalue weighted by Crippen LogP contribution is -2.28. The molecule has 1 aromatic heterocycles. The molecule has 0 aliphatic heterocycles. The molecule has 1 N–H and O–H groups in total. The molecule has 1 saturated carbocycles. The van der Waals surface area contributed by atoms with E-state index in [0.29, 0.717) is 33.2 Å². The van der Waals surface area contributed by atoms with E-state index in [4.69, 9.17) is 21.3 Å². The highest BCUT2D eigenvalue weighted by molar-refractivity contribution is 6.30. The van der Waals surface area contributed by atoms with Gasteiger partial charge in [0.15, 0.2) is 11.6 Å². The lowest BCUT2D eigenvalue weighted by atomic mass is 9.83. The summed E-state index contributed by atoms with van der Waals surface area (Å²) in [5.41, 5.74) is 2.55. The van der Waals surface area contributed by atoms with Crippen LogP contribution in [0, 0.1) is 24.5 Å². The van der Waals surface area contributed by atoms with E-state index >= 15 is 0 Å². The van der Waals surface area contributed by atoms with E-state index in [-0.39, 0.29) is 24.1 Å². The number of aromatic carboxylic acids is 1. The molecule has 192 valence electrons. The Morgan fingerprint density at radius 3 is 2.46 bits per heavy atom. The molecule has 3 aromatic carbocycles. The zero-order chi connectivity index (χ0) is 26.1. The Balaban J connectivity index is 1.61. The molecule has 1 heterocycles. The van der Waals surface area contributed by atoms with Gasteiger partial charge < -0.3 is 14.4 Å². The molecule has 4 aromatic rings. The summed E-state index contributed by atoms with van der Waals surface area (Å²) in [4.78, 5) is 16.1. The van der Waals surface area contributed by atoms with E-state index in [9.17, 15) is 18.7 Å². The lowest BCUT2D eigenvalue weighted by molar-refractivity contribution is 0.0696. The molecule has 0 spiro atoms. The van der Waals surface area contributed by atoms with E-state index in [1.165, 1.54) is 12.1 Å². The van der Waals surface area contributed by atoms with Crippen molar-refractivity contribution in [3.8, 4) is 17.1 Å². The van der Waals surface area contributed by atoms with Crippen molar-refractivity contribution in [1.82, 2.24) is 9.55 Å². The third-order valence-electron chi connectivity index (χ3n) is 7.19. The third-order valence-corrected chi connectivity index (χ3v) is 7.44. The Morgan fingerprint density at radius 2 is 1.78 bits per heavy atom. The molecular formula is C29H27ClF2N2O3. The van der Waals surface area contributed by atoms with Gasteiger partial charge in [0.2, 0.25) is 0 Å². The van der Waals surface area contributed by atoms with Gasteiger partial charge >= 0.3 is 5.97 Å². The van der Waals surface area contributed by atoms with Crippen molar-refractivity contribution < 1.29 is 23.4 Å². The van der Waals surface area contributed by atoms with Crippen molar-refractivity contribution in [2.45, 2.75) is 45.1 Å². The van der Waals surface area contributed by atoms with Gasteiger partial charge in [0.25, 0.3) is 0 Å². The Morgan fingerprint density at radius 1 is 1.08 bits per heavy atom. The van der Waals surface area contributed by atoms with Crippen LogP contribution in [-0.4, -0.2) is 27.2 Å². The number of halogens is 3. The lowest BCUT2D eigenvalue weighted by Gasteiger charge is -2.33. The molecule has 1 aliphatic rings. The summed E-state index contributed by atoms with van der Waals surface area (Å²) < 4.78 is 37.0. The average Bonchev–Trinajstić information content (AvgIpc) is 3.24. The first kappa shape index (κ1) is 25.2. The number of hydrogen-bond donors (Lipinski definition) is 1. The highest BCUT2D eigenvalue weighted by Crippen LogP contribution is 2.39. The number of benzene rings is 3. The highest BCUT2D eigenvalue weighted by Gasteiger charge is 2.30. The number of carbonyl (C=O) groups is 1. The first-order chi connectivity index (χ1) is 17.8. The van der Waals surface area contributed by atoms with Gasteiger partial charge in [-0.2, -0.15) is 0 Å². The van der Waals surface area contributed by atoms with Crippen LogP contribution in [0.3, 0.4) is 0 Å². The molecule has 1 aliphatic carbocycles. The predicted octanol–water partition coefficient (Wildman–Crippen LogP) is 7.84. The summed E-state index contributed by atoms with van der Waals surface area (Å²) in [6, 6.07) is 14.1. The number of aryl methyl sites for hydroxylation is 1. The van der Waals surface area contributed by atoms with Crippen LogP contribution in [-0.2, 0) is 0 Å². The van der Waals surface area contributed by atoms with Gasteiger partial charge in [0.05, 0.1) is 22.6 Å². The summed E-state index contributed by atoms with van der Waals surface area (Å²) >= 11 is 6.12. The van der Waals surface area contributed by atoms with Crippen LogP contribution >= 0.6 is 11.6 Å². The fourth-order valence-corrected chi connectivity index (χ4v) is 5.41. The number of fused-ring (bicyclic) bond motifs is 1. The zero-order valence-electron chi connectivity index (χ0n) is 20.4. The monoisotopic (exact) mass is 524 g/mol. The van der Waals surface area contributed by atoms with Crippen molar-refractivity contribution in [1.29, 1.82) is 0 Å². The minimum atomic E-state index is -0.999. The molecule has 0 saturated heterocycles. The van der Waals surface area contributed by atoms with Crippen molar-refractivity contribution in [2.24, 2.45) is 5.92 Å². The summed E-state index contributed by atoms with van der Waals surface area (Å²) in [5, 5.41) is 9.87. The van der Waals surface area contributed by atoms with Gasteiger partial charge in [-0.3, -0.25) is 0 Å². The maximum absolute atomic E-state index is 14.5. The van der Waals surface area contributed by atoms with Gasteiger partial charge in [0.1, 0.15) is 18.2 Å². The topological polar surface area (TPSA) is 64.3 Å². The molecule has 1 fully saturated rings. The number of carboxylic acid groups (broad SMARTS) is 1. The van der Waals surface area contributed by atoms with Gasteiger partial charge in [-0.25, -0.2) is 18.6 Å². The standard InChI is InChI=1S/C29H27ClF2N2O3/c1-17-13-20(29(35)36)9-12-27(17)37-16-26(18-5-3-2-4-6-18)34-25-15-23(32)22(31)14-24(25)33-28(34)19-7-10-21(30)11-8-19/h7-15,18,26H,2-6,16H2,1H3,(H,35,36). The first-order valence-corrected chi connectivity index (χ1v) is 12.8. The van der Waals surface area contributed by atoms with E-state index in [1.807, 2.05) is 16.7 Å². The molecule has 8 heteroatoms. The smallest absolute Gasteiger partial charge is 0.335 e. The quantitative estimate of drug-likeness (QED) is 0.267. The second-order valence-corrected chi connectivity index (χ2v) is 10.1. The van der Waals surface area contributed by atoms with Crippen LogP contribution in [0.4, 0.5) is 8.78 Å². The SMILES string of the molecule is Cc1cc(C(=O)O)ccc1OCC(C1CCCCC1)n1c(-c2ccc(Cl)cc2)nc2cc(F)c(F)cc21. The van der Waals surface area contributed by atoms with E-state index in [0.717, 1.165) is 43.7 Å². The van der Waals surface area contributed by atoms with Crippen LogP contribution in [0.15, 0.2) is 54.6 Å². The fourth-order valence-electron chi connectivity index (χ4n) is 5.29. The van der Waals surface area contributed by atoms with Gasteiger partial charge in [-0.05, 0) is 73.7 Å². The molecule has 0 amide bonds. The van der Waals surface area contributed by atoms with Crippen molar-refractivity contribution in [3.05, 3.63) is 82.4 Å². The molecule has 5 nitrogen and oxygen atoms in total. The Bertz CT molecular complexity index is 1450. The number of rotatable bonds is 7. The minimum Gasteiger partial charge on any atom is -0.491 e. The summed E-state index contributed by atoms with van der Waals surface area (Å²) in [6.45, 7) is 2.07. The fraction of sp³-hybridized carbons (Fsp3) is 0.310. The molecule has 0 bridgehead atoms. The minimum absolute atomic E-state index is 0.191. The first-order valence-electron chi connectivity index (χ1n) is 12.4. The maximum Gasteiger partial charge on any atom is 0.335 e. The van der Waals surface area contributed by atoms with Gasteiger partial charge in [0, 0.05) is 22.7 Å². The molecule has 37 heavy (non-hydrogen) atoms. The number of nitrogens with zero attached hydrogens (tertiary/aromatic N) is 2. The summed E-state index contributed by atoms with van der Waals surface area (Å²) in [7, 11) is 0. The van der Waals surface area contributed by atoms with Crippen LogP contribution in [0.5, 0.6) is 5.75 Å². The molecule has 0 radical (unpaired) electrons. The molecule has 1 unspecified atom stereocenters. The van der Waals surface area contributed by atoms with Crippen LogP contribution in [0.2, 0.25) is 5.02 Å². The number of imidazole rings is 1. The highest BCUT2D eigenvalue weighted by atomic mass is 35.5. The second kappa shape index (κ2) is 10.5. The zero-order valence-corrected chi connectivity index (χ0v) is 21.1. The second-order valence-electron chi connectivity index (χ2n) is 9.63. The predicted molar refractivity (Wildman–Crippen MR) is 139 cm³/mol. The van der Waals surface area contributed by atoms with E-state index in [2.05, 4.69) is 0 Å². The molecule has 5 rings (SSSR count). The van der Waals surface area contributed by atoms with Gasteiger partial charge in [-0.15, -0.1) is 0 Å². The van der Waals surface area contributed by atoms with Crippen LogP contribution in [0.1, 0.15) is 54.1 Å². The average molecular weight is 525 g/mol. The Hall–Kier alpha value is -3.45. The Kier molecular flexibility index (Phi) is 7.15. The summed E-state index contributed by atoms with van der Waals surface area (Å²) in [6.07, 6.45) is 5.29. The summed E-state index contributed by atoms with van der Waals surface area (Å²) in [5.74, 6) is -1.46. The van der Waals surface area contributed by atoms with Gasteiger partial charge in [-0.1, -0.05) is 30.9 Å². The van der Waals surface area contributed by atoms with Crippen molar-refractivity contribution in [3.63, 3.8) is 0 Å². The molecular weight excluding hydrogens is 498 g/mol. The number of aromatic nitrogens is 2. The van der Waals surface area contributed by atoms with Crippen LogP contribution < -0.4 is 4.74 Å². The Labute approximate surface area is 218 Å². The largest absolute Gasteiger partial charge is 0.491 e. The maximum atomic E-state index is 14.5. The normalized spacial score (nSPS) is 15.1. The van der Waals surface area contributed by atoms with E-state index < -0.39 is 17.6 Å². The number of hydrogen-bond acceptors (Lipinski definition) is 3. The van der Waals surface area contributed by atoms with Crippen LogP contribution in [0.25, 0.3) is 22.4 Å². The van der Waals surface area contributed by atoms with Crippen molar-refractivity contribution in [2.75, 3.05) is 6.61 Å². The van der Waals surface area contributed by atoms with Crippen molar-refractivity contribution >= 4 is 28.6 Å². The molecule has 1 atom stereocenters. The third kappa shape index (κ3) is 5.18. The number of ether oxygens (including phenoxy) is 1. The number of carboxylic acids is 1. The van der Waals surface area contributed by atoms with E-state index in [1.54, 1.807) is 31.2 Å².